The van der Waals surface area contributed by atoms with Crippen LogP contribution in [0.25, 0.3) is 0 Å². The number of nitrogens with one attached hydrogen (secondary N) is 1. The van der Waals surface area contributed by atoms with Crippen LogP contribution >= 0.6 is 0 Å². The summed E-state index contributed by atoms with van der Waals surface area (Å²) in [4.78, 5) is 0. The summed E-state index contributed by atoms with van der Waals surface area (Å²) in [5.74, 6) is 0.414. The molecule has 0 aliphatic carbocycles. The van der Waals surface area contributed by atoms with Crippen molar-refractivity contribution in [3.05, 3.63) is 23.8 Å². The van der Waals surface area contributed by atoms with Crippen molar-refractivity contribution in [1.29, 1.82) is 5.26 Å². The third-order valence-electron chi connectivity index (χ3n) is 2.69. The average molecular weight is 233 g/mol. The van der Waals surface area contributed by atoms with Gasteiger partial charge >= 0.3 is 0 Å². The van der Waals surface area contributed by atoms with E-state index in [2.05, 4.69) is 18.3 Å². The fourth-order valence-electron chi connectivity index (χ4n) is 1.57. The van der Waals surface area contributed by atoms with E-state index in [0.29, 0.717) is 18.0 Å². The zero-order chi connectivity index (χ0) is 12.7. The van der Waals surface area contributed by atoms with Gasteiger partial charge in [-0.2, -0.15) is 5.26 Å². The van der Waals surface area contributed by atoms with Gasteiger partial charge in [-0.25, -0.2) is 0 Å². The number of benzene rings is 1. The van der Waals surface area contributed by atoms with Crippen LogP contribution in [0.5, 0.6) is 0 Å². The molecule has 0 spiro atoms. The summed E-state index contributed by atoms with van der Waals surface area (Å²) < 4.78 is 0. The monoisotopic (exact) mass is 233 g/mol. The lowest BCUT2D eigenvalue weighted by molar-refractivity contribution is 0.266. The summed E-state index contributed by atoms with van der Waals surface area (Å²) in [5, 5.41) is 20.8. The lowest BCUT2D eigenvalue weighted by Crippen LogP contribution is -2.12. The Hall–Kier alpha value is -1.73. The van der Waals surface area contributed by atoms with Crippen molar-refractivity contribution in [2.75, 3.05) is 24.2 Å². The number of nitrogens with zero attached hydrogens (tertiary/aromatic N) is 1. The number of hydrogen-bond acceptors (Lipinski definition) is 4. The zero-order valence-corrected chi connectivity index (χ0v) is 10.1. The van der Waals surface area contributed by atoms with Gasteiger partial charge in [0.2, 0.25) is 0 Å². The summed E-state index contributed by atoms with van der Waals surface area (Å²) >= 11 is 0. The molecular formula is C13H19N3O. The van der Waals surface area contributed by atoms with E-state index in [1.807, 2.05) is 18.2 Å². The fourth-order valence-corrected chi connectivity index (χ4v) is 1.57. The minimum atomic E-state index is 0.213. The number of hydrogen-bond donors (Lipinski definition) is 3. The van der Waals surface area contributed by atoms with Crippen LogP contribution in [0.1, 0.15) is 18.9 Å². The molecule has 1 atom stereocenters. The van der Waals surface area contributed by atoms with Crippen LogP contribution in [0.15, 0.2) is 18.2 Å². The Kier molecular flexibility index (Phi) is 5.31. The first kappa shape index (κ1) is 13.3. The van der Waals surface area contributed by atoms with Gasteiger partial charge in [-0.15, -0.1) is 0 Å². The Morgan fingerprint density at radius 3 is 2.94 bits per heavy atom. The molecule has 0 aliphatic rings. The van der Waals surface area contributed by atoms with Crippen LogP contribution in [-0.2, 0) is 6.42 Å². The highest BCUT2D eigenvalue weighted by Crippen LogP contribution is 2.18. The molecule has 4 N–H and O–H groups in total. The van der Waals surface area contributed by atoms with E-state index in [0.717, 1.165) is 24.2 Å². The predicted molar refractivity (Wildman–Crippen MR) is 69.5 cm³/mol. The van der Waals surface area contributed by atoms with Gasteiger partial charge in [-0.3, -0.25) is 0 Å². The third kappa shape index (κ3) is 4.33. The minimum absolute atomic E-state index is 0.213. The normalized spacial score (nSPS) is 11.8. The van der Waals surface area contributed by atoms with E-state index in [1.54, 1.807) is 0 Å². The number of aliphatic hydroxyl groups is 1. The smallest absolute Gasteiger partial charge is 0.0670 e. The van der Waals surface area contributed by atoms with Gasteiger partial charge in [0.25, 0.3) is 0 Å². The van der Waals surface area contributed by atoms with Gasteiger partial charge in [0.15, 0.2) is 0 Å². The van der Waals surface area contributed by atoms with Crippen LogP contribution in [0.2, 0.25) is 0 Å². The molecule has 0 aliphatic heterocycles. The van der Waals surface area contributed by atoms with Crippen LogP contribution in [0.4, 0.5) is 11.4 Å². The molecule has 4 heteroatoms. The molecule has 1 aromatic carbocycles. The maximum absolute atomic E-state index is 8.80. The van der Waals surface area contributed by atoms with E-state index in [4.69, 9.17) is 16.1 Å². The van der Waals surface area contributed by atoms with Gasteiger partial charge < -0.3 is 16.2 Å². The molecule has 0 saturated heterocycles. The summed E-state index contributed by atoms with van der Waals surface area (Å²) in [5.41, 5.74) is 8.24. The summed E-state index contributed by atoms with van der Waals surface area (Å²) in [6.07, 6.45) is 1.11. The molecule has 1 aromatic rings. The number of aliphatic hydroxyl groups excluding tert-OH is 1. The van der Waals surface area contributed by atoms with Crippen molar-refractivity contribution in [1.82, 2.24) is 0 Å². The van der Waals surface area contributed by atoms with E-state index in [-0.39, 0.29) is 6.61 Å². The Labute approximate surface area is 102 Å². The Balaban J connectivity index is 2.60. The fraction of sp³-hybridized carbons (Fsp3) is 0.462. The quantitative estimate of drug-likeness (QED) is 0.654. The summed E-state index contributed by atoms with van der Waals surface area (Å²) in [6, 6.07) is 7.72. The highest BCUT2D eigenvalue weighted by molar-refractivity contribution is 5.58. The predicted octanol–water partition coefficient (Wildman–Crippen LogP) is 1.77. The molecule has 92 valence electrons. The van der Waals surface area contributed by atoms with Crippen molar-refractivity contribution >= 4 is 11.4 Å². The van der Waals surface area contributed by atoms with Crippen molar-refractivity contribution < 1.29 is 5.11 Å². The van der Waals surface area contributed by atoms with Gasteiger partial charge in [0, 0.05) is 24.5 Å². The second-order valence-electron chi connectivity index (χ2n) is 4.25. The zero-order valence-electron chi connectivity index (χ0n) is 10.1. The first-order valence-electron chi connectivity index (χ1n) is 5.77. The Morgan fingerprint density at radius 2 is 2.29 bits per heavy atom. The first-order chi connectivity index (χ1) is 8.17. The highest BCUT2D eigenvalue weighted by atomic mass is 16.3. The average Bonchev–Trinajstić information content (AvgIpc) is 2.31. The maximum atomic E-state index is 8.80. The first-order valence-corrected chi connectivity index (χ1v) is 5.77. The minimum Gasteiger partial charge on any atom is -0.398 e. The molecule has 0 fully saturated rings. The molecule has 1 unspecified atom stereocenters. The lowest BCUT2D eigenvalue weighted by Gasteiger charge is -2.13. The molecule has 0 saturated carbocycles. The maximum Gasteiger partial charge on any atom is 0.0670 e. The van der Waals surface area contributed by atoms with Crippen molar-refractivity contribution in [3.63, 3.8) is 0 Å². The molecule has 0 radical (unpaired) electrons. The topological polar surface area (TPSA) is 82.1 Å². The largest absolute Gasteiger partial charge is 0.398 e. The Morgan fingerprint density at radius 1 is 1.53 bits per heavy atom. The van der Waals surface area contributed by atoms with Crippen LogP contribution in [0, 0.1) is 17.2 Å². The van der Waals surface area contributed by atoms with Crippen molar-refractivity contribution in [2.45, 2.75) is 19.8 Å². The number of rotatable bonds is 6. The molecule has 0 amide bonds. The SMILES string of the molecule is CC(CCO)CNc1ccc(N)c(CC#N)c1. The molecular weight excluding hydrogens is 214 g/mol. The summed E-state index contributed by atoms with van der Waals surface area (Å²) in [6.45, 7) is 3.09. The van der Waals surface area contributed by atoms with Crippen LogP contribution in [-0.4, -0.2) is 18.3 Å². The van der Waals surface area contributed by atoms with E-state index in [1.165, 1.54) is 0 Å². The number of nitrogens with two attached hydrogens (primary N) is 1. The van der Waals surface area contributed by atoms with Gasteiger partial charge in [0.05, 0.1) is 12.5 Å². The number of anilines is 2. The second-order valence-corrected chi connectivity index (χ2v) is 4.25. The van der Waals surface area contributed by atoms with Crippen molar-refractivity contribution in [3.8, 4) is 6.07 Å². The number of nitrogen functional groups attached to an aromatic ring is 1. The van der Waals surface area contributed by atoms with Crippen LogP contribution < -0.4 is 11.1 Å². The van der Waals surface area contributed by atoms with Gasteiger partial charge in [-0.05, 0) is 36.1 Å². The third-order valence-corrected chi connectivity index (χ3v) is 2.69. The molecule has 0 heterocycles. The van der Waals surface area contributed by atoms with Gasteiger partial charge in [-0.1, -0.05) is 6.92 Å². The van der Waals surface area contributed by atoms with Crippen LogP contribution in [0.3, 0.4) is 0 Å². The molecule has 17 heavy (non-hydrogen) atoms. The number of nitriles is 1. The molecule has 0 bridgehead atoms. The second kappa shape index (κ2) is 6.77. The van der Waals surface area contributed by atoms with E-state index >= 15 is 0 Å². The van der Waals surface area contributed by atoms with Gasteiger partial charge in [0.1, 0.15) is 0 Å². The molecule has 4 nitrogen and oxygen atoms in total. The summed E-state index contributed by atoms with van der Waals surface area (Å²) in [7, 11) is 0. The molecule has 0 aromatic heterocycles. The van der Waals surface area contributed by atoms with E-state index in [9.17, 15) is 0 Å². The highest BCUT2D eigenvalue weighted by Gasteiger charge is 2.03. The standard InChI is InChI=1S/C13H19N3O/c1-10(5-7-17)9-16-12-2-3-13(15)11(8-12)4-6-14/h2-3,8,10,16-17H,4-5,7,9,15H2,1H3. The van der Waals surface area contributed by atoms with E-state index < -0.39 is 0 Å². The lowest BCUT2D eigenvalue weighted by atomic mass is 10.1. The van der Waals surface area contributed by atoms with Crippen molar-refractivity contribution in [2.24, 2.45) is 5.92 Å². The Bertz CT molecular complexity index is 398. The molecule has 1 rings (SSSR count).